The summed E-state index contributed by atoms with van der Waals surface area (Å²) in [6.07, 6.45) is 1.22. The van der Waals surface area contributed by atoms with Crippen LogP contribution in [0.3, 0.4) is 0 Å². The van der Waals surface area contributed by atoms with E-state index in [0.717, 1.165) is 19.4 Å². The van der Waals surface area contributed by atoms with Gasteiger partial charge in [0.1, 0.15) is 0 Å². The van der Waals surface area contributed by atoms with Crippen LogP contribution >= 0.6 is 0 Å². The van der Waals surface area contributed by atoms with Crippen molar-refractivity contribution >= 4 is 10.8 Å². The van der Waals surface area contributed by atoms with Gasteiger partial charge in [-0.05, 0) is 25.3 Å². The molecule has 17 heavy (non-hydrogen) atoms. The molecule has 0 aromatic heterocycles. The highest BCUT2D eigenvalue weighted by Gasteiger charge is 2.22. The van der Waals surface area contributed by atoms with Crippen LogP contribution in [-0.2, 0) is 15.5 Å². The van der Waals surface area contributed by atoms with Crippen LogP contribution in [0.1, 0.15) is 26.7 Å². The summed E-state index contributed by atoms with van der Waals surface area (Å²) in [5.74, 6) is 0.957. The van der Waals surface area contributed by atoms with Crippen molar-refractivity contribution in [2.45, 2.75) is 38.0 Å². The maximum Gasteiger partial charge on any atom is 0.0779 e. The third-order valence-corrected chi connectivity index (χ3v) is 4.76. The minimum absolute atomic E-state index is 0.212. The highest BCUT2D eigenvalue weighted by atomic mass is 32.2. The van der Waals surface area contributed by atoms with E-state index in [-0.39, 0.29) is 5.25 Å². The van der Waals surface area contributed by atoms with Crippen molar-refractivity contribution in [1.82, 2.24) is 5.32 Å². The van der Waals surface area contributed by atoms with Crippen LogP contribution in [0.15, 0.2) is 0 Å². The van der Waals surface area contributed by atoms with E-state index in [4.69, 9.17) is 4.74 Å². The molecule has 5 heteroatoms. The standard InChI is InChI=1S/C12H25NO3S/c1-10(2)7-13-8-11(14)9-17(15)12-3-5-16-6-4-12/h10-14H,3-9H2,1-2H3. The lowest BCUT2D eigenvalue weighted by atomic mass is 10.2. The molecule has 1 saturated heterocycles. The summed E-state index contributed by atoms with van der Waals surface area (Å²) in [5.41, 5.74) is 0. The van der Waals surface area contributed by atoms with Crippen molar-refractivity contribution in [3.05, 3.63) is 0 Å². The summed E-state index contributed by atoms with van der Waals surface area (Å²) in [7, 11) is -0.921. The van der Waals surface area contributed by atoms with Gasteiger partial charge < -0.3 is 15.2 Å². The van der Waals surface area contributed by atoms with Gasteiger partial charge in [0.25, 0.3) is 0 Å². The molecule has 2 N–H and O–H groups in total. The molecule has 0 bridgehead atoms. The summed E-state index contributed by atoms with van der Waals surface area (Å²) >= 11 is 0. The number of aliphatic hydroxyl groups excluding tert-OH is 1. The molecule has 1 fully saturated rings. The average Bonchev–Trinajstić information content (AvgIpc) is 2.29. The van der Waals surface area contributed by atoms with Crippen LogP contribution in [0.4, 0.5) is 0 Å². The molecule has 1 aliphatic rings. The van der Waals surface area contributed by atoms with Gasteiger partial charge in [-0.2, -0.15) is 0 Å². The first-order chi connectivity index (χ1) is 8.09. The van der Waals surface area contributed by atoms with E-state index in [2.05, 4.69) is 19.2 Å². The Labute approximate surface area is 107 Å². The Morgan fingerprint density at radius 3 is 2.59 bits per heavy atom. The van der Waals surface area contributed by atoms with E-state index < -0.39 is 16.9 Å². The Morgan fingerprint density at radius 2 is 2.00 bits per heavy atom. The van der Waals surface area contributed by atoms with Gasteiger partial charge in [0.2, 0.25) is 0 Å². The molecule has 0 spiro atoms. The number of ether oxygens (including phenoxy) is 1. The first-order valence-corrected chi connectivity index (χ1v) is 7.81. The molecule has 1 rings (SSSR count). The molecule has 102 valence electrons. The Bertz CT molecular complexity index is 230. The van der Waals surface area contributed by atoms with Crippen molar-refractivity contribution < 1.29 is 14.1 Å². The number of rotatable bonds is 7. The minimum Gasteiger partial charge on any atom is -0.391 e. The van der Waals surface area contributed by atoms with Crippen LogP contribution in [0.25, 0.3) is 0 Å². The fourth-order valence-electron chi connectivity index (χ4n) is 1.86. The Kier molecular flexibility index (Phi) is 7.27. The Hall–Kier alpha value is 0.0300. The van der Waals surface area contributed by atoms with E-state index in [1.165, 1.54) is 0 Å². The molecular weight excluding hydrogens is 238 g/mol. The monoisotopic (exact) mass is 263 g/mol. The third-order valence-electron chi connectivity index (χ3n) is 2.83. The molecule has 0 aromatic carbocycles. The Morgan fingerprint density at radius 1 is 1.35 bits per heavy atom. The molecule has 0 aromatic rings. The predicted octanol–water partition coefficient (Wildman–Crippen LogP) is 0.521. The fourth-order valence-corrected chi connectivity index (χ4v) is 3.35. The van der Waals surface area contributed by atoms with Gasteiger partial charge in [0.15, 0.2) is 0 Å². The lowest BCUT2D eigenvalue weighted by Crippen LogP contribution is -2.36. The molecule has 1 heterocycles. The summed E-state index contributed by atoms with van der Waals surface area (Å²) in [4.78, 5) is 0. The molecule has 0 aliphatic carbocycles. The van der Waals surface area contributed by atoms with Crippen molar-refractivity contribution in [3.63, 3.8) is 0 Å². The number of nitrogens with one attached hydrogen (secondary N) is 1. The normalized spacial score (nSPS) is 21.6. The summed E-state index contributed by atoms with van der Waals surface area (Å²) < 4.78 is 17.2. The van der Waals surface area contributed by atoms with Crippen molar-refractivity contribution in [3.8, 4) is 0 Å². The lowest BCUT2D eigenvalue weighted by Gasteiger charge is -2.22. The summed E-state index contributed by atoms with van der Waals surface area (Å²) in [5, 5.41) is 13.2. The highest BCUT2D eigenvalue weighted by Crippen LogP contribution is 2.13. The largest absolute Gasteiger partial charge is 0.391 e. The molecule has 2 atom stereocenters. The van der Waals surface area contributed by atoms with Crippen molar-refractivity contribution in [2.75, 3.05) is 32.1 Å². The average molecular weight is 263 g/mol. The van der Waals surface area contributed by atoms with Crippen LogP contribution in [0, 0.1) is 5.92 Å². The number of hydrogen-bond donors (Lipinski definition) is 2. The first kappa shape index (κ1) is 15.1. The second kappa shape index (κ2) is 8.19. The third kappa shape index (κ3) is 6.50. The van der Waals surface area contributed by atoms with Gasteiger partial charge in [-0.1, -0.05) is 13.8 Å². The van der Waals surface area contributed by atoms with E-state index in [9.17, 15) is 9.32 Å². The predicted molar refractivity (Wildman–Crippen MR) is 70.6 cm³/mol. The SMILES string of the molecule is CC(C)CNCC(O)CS(=O)C1CCOCC1. The van der Waals surface area contributed by atoms with Crippen LogP contribution in [0.2, 0.25) is 0 Å². The topological polar surface area (TPSA) is 58.6 Å². The van der Waals surface area contributed by atoms with Gasteiger partial charge in [-0.15, -0.1) is 0 Å². The van der Waals surface area contributed by atoms with E-state index in [1.807, 2.05) is 0 Å². The summed E-state index contributed by atoms with van der Waals surface area (Å²) in [6, 6.07) is 0. The minimum atomic E-state index is -0.921. The summed E-state index contributed by atoms with van der Waals surface area (Å²) in [6.45, 7) is 7.09. The maximum atomic E-state index is 12.0. The van der Waals surface area contributed by atoms with E-state index in [0.29, 0.717) is 31.4 Å². The second-order valence-corrected chi connectivity index (χ2v) is 6.83. The zero-order chi connectivity index (χ0) is 12.7. The van der Waals surface area contributed by atoms with Gasteiger partial charge in [0, 0.05) is 35.8 Å². The van der Waals surface area contributed by atoms with Gasteiger partial charge in [-0.25, -0.2) is 0 Å². The van der Waals surface area contributed by atoms with Crippen LogP contribution < -0.4 is 5.32 Å². The molecular formula is C12H25NO3S. The van der Waals surface area contributed by atoms with E-state index in [1.54, 1.807) is 0 Å². The fraction of sp³-hybridized carbons (Fsp3) is 1.00. The molecule has 0 saturated carbocycles. The van der Waals surface area contributed by atoms with E-state index >= 15 is 0 Å². The van der Waals surface area contributed by atoms with Crippen LogP contribution in [0.5, 0.6) is 0 Å². The van der Waals surface area contributed by atoms with Gasteiger partial charge in [-0.3, -0.25) is 4.21 Å². The molecule has 1 aliphatic heterocycles. The maximum absolute atomic E-state index is 12.0. The van der Waals surface area contributed by atoms with Crippen LogP contribution in [-0.4, -0.2) is 52.7 Å². The van der Waals surface area contributed by atoms with Gasteiger partial charge >= 0.3 is 0 Å². The smallest absolute Gasteiger partial charge is 0.0779 e. The van der Waals surface area contributed by atoms with Crippen molar-refractivity contribution in [1.29, 1.82) is 0 Å². The zero-order valence-corrected chi connectivity index (χ0v) is 11.7. The highest BCUT2D eigenvalue weighted by molar-refractivity contribution is 7.85. The second-order valence-electron chi connectivity index (χ2n) is 5.07. The molecule has 0 amide bonds. The molecule has 2 unspecified atom stereocenters. The quantitative estimate of drug-likeness (QED) is 0.703. The lowest BCUT2D eigenvalue weighted by molar-refractivity contribution is 0.0989. The Balaban J connectivity index is 2.15. The number of aliphatic hydroxyl groups is 1. The van der Waals surface area contributed by atoms with Gasteiger partial charge in [0.05, 0.1) is 11.9 Å². The molecule has 4 nitrogen and oxygen atoms in total. The zero-order valence-electron chi connectivity index (χ0n) is 10.9. The first-order valence-electron chi connectivity index (χ1n) is 6.43. The van der Waals surface area contributed by atoms with Crippen molar-refractivity contribution in [2.24, 2.45) is 5.92 Å². The number of hydrogen-bond acceptors (Lipinski definition) is 4. The molecule has 0 radical (unpaired) electrons.